The van der Waals surface area contributed by atoms with Crippen LogP contribution in [0.4, 0.5) is 0 Å². The van der Waals surface area contributed by atoms with Gasteiger partial charge in [0.15, 0.2) is 0 Å². The van der Waals surface area contributed by atoms with E-state index in [0.717, 1.165) is 19.3 Å². The third-order valence-electron chi connectivity index (χ3n) is 2.29. The zero-order valence-corrected chi connectivity index (χ0v) is 9.53. The lowest BCUT2D eigenvalue weighted by Crippen LogP contribution is -2.37. The summed E-state index contributed by atoms with van der Waals surface area (Å²) in [7, 11) is 0. The molecular weight excluding hydrogens is 186 g/mol. The molecule has 0 aliphatic heterocycles. The van der Waals surface area contributed by atoms with Crippen molar-refractivity contribution in [1.29, 1.82) is 0 Å². The maximum atomic E-state index is 11.5. The summed E-state index contributed by atoms with van der Waals surface area (Å²) in [6.07, 6.45) is 2.67. The fourth-order valence-corrected chi connectivity index (χ4v) is 1.58. The Labute approximate surface area is 86.0 Å². The first kappa shape index (κ1) is 12.8. The van der Waals surface area contributed by atoms with Crippen LogP contribution in [0.1, 0.15) is 40.0 Å². The molecule has 1 amide bonds. The smallest absolute Gasteiger partial charge is 0.223 e. The van der Waals surface area contributed by atoms with E-state index in [2.05, 4.69) is 5.32 Å². The van der Waals surface area contributed by atoms with Crippen LogP contribution in [-0.4, -0.2) is 17.8 Å². The standard InChI is InChI=1S/C10H20ClNO/c1-4-9(5-2)10(13)12-8(3)6-7-11/h8-9H,4-7H2,1-3H3,(H,12,13). The van der Waals surface area contributed by atoms with Crippen molar-refractivity contribution >= 4 is 17.5 Å². The van der Waals surface area contributed by atoms with Crippen molar-refractivity contribution in [2.45, 2.75) is 46.1 Å². The Kier molecular flexibility index (Phi) is 7.06. The Hall–Kier alpha value is -0.240. The summed E-state index contributed by atoms with van der Waals surface area (Å²) >= 11 is 5.58. The first-order chi connectivity index (χ1) is 6.15. The van der Waals surface area contributed by atoms with Crippen LogP contribution in [0, 0.1) is 5.92 Å². The number of halogens is 1. The predicted molar refractivity (Wildman–Crippen MR) is 57.0 cm³/mol. The highest BCUT2D eigenvalue weighted by Gasteiger charge is 2.15. The van der Waals surface area contributed by atoms with E-state index in [1.807, 2.05) is 20.8 Å². The number of carbonyl (C=O) groups excluding carboxylic acids is 1. The molecule has 78 valence electrons. The van der Waals surface area contributed by atoms with Gasteiger partial charge in [0.05, 0.1) is 0 Å². The largest absolute Gasteiger partial charge is 0.353 e. The molecule has 0 aromatic rings. The van der Waals surface area contributed by atoms with Crippen molar-refractivity contribution in [3.63, 3.8) is 0 Å². The number of amides is 1. The number of nitrogens with one attached hydrogen (secondary N) is 1. The van der Waals surface area contributed by atoms with Crippen LogP contribution >= 0.6 is 11.6 Å². The molecule has 1 atom stereocenters. The predicted octanol–water partition coefficient (Wildman–Crippen LogP) is 2.56. The SMILES string of the molecule is CCC(CC)C(=O)NC(C)CCCl. The summed E-state index contributed by atoms with van der Waals surface area (Å²) in [6.45, 7) is 6.07. The molecule has 0 aliphatic rings. The minimum atomic E-state index is 0.165. The first-order valence-electron chi connectivity index (χ1n) is 5.02. The highest BCUT2D eigenvalue weighted by Crippen LogP contribution is 2.08. The number of hydrogen-bond acceptors (Lipinski definition) is 1. The Morgan fingerprint density at radius 2 is 1.92 bits per heavy atom. The Bertz CT molecular complexity index is 146. The van der Waals surface area contributed by atoms with E-state index in [1.54, 1.807) is 0 Å². The van der Waals surface area contributed by atoms with Crippen LogP contribution in [0.2, 0.25) is 0 Å². The van der Waals surface area contributed by atoms with Crippen molar-refractivity contribution in [1.82, 2.24) is 5.32 Å². The Balaban J connectivity index is 3.83. The molecule has 0 saturated carbocycles. The molecule has 0 saturated heterocycles. The fraction of sp³-hybridized carbons (Fsp3) is 0.900. The number of alkyl halides is 1. The van der Waals surface area contributed by atoms with Crippen LogP contribution in [0.3, 0.4) is 0 Å². The monoisotopic (exact) mass is 205 g/mol. The van der Waals surface area contributed by atoms with Gasteiger partial charge in [0.25, 0.3) is 0 Å². The lowest BCUT2D eigenvalue weighted by Gasteiger charge is -2.17. The van der Waals surface area contributed by atoms with Gasteiger partial charge in [-0.15, -0.1) is 11.6 Å². The van der Waals surface area contributed by atoms with Gasteiger partial charge in [0.2, 0.25) is 5.91 Å². The average molecular weight is 206 g/mol. The molecule has 0 bridgehead atoms. The molecule has 0 aromatic heterocycles. The minimum Gasteiger partial charge on any atom is -0.353 e. The third kappa shape index (κ3) is 5.14. The van der Waals surface area contributed by atoms with Gasteiger partial charge >= 0.3 is 0 Å². The lowest BCUT2D eigenvalue weighted by molar-refractivity contribution is -0.125. The number of carbonyl (C=O) groups is 1. The van der Waals surface area contributed by atoms with E-state index in [1.165, 1.54) is 0 Å². The number of rotatable bonds is 6. The zero-order valence-electron chi connectivity index (χ0n) is 8.77. The molecule has 0 aromatic carbocycles. The van der Waals surface area contributed by atoms with Gasteiger partial charge in [-0.1, -0.05) is 13.8 Å². The van der Waals surface area contributed by atoms with Gasteiger partial charge in [-0.05, 0) is 26.2 Å². The maximum absolute atomic E-state index is 11.5. The van der Waals surface area contributed by atoms with Gasteiger partial charge in [0.1, 0.15) is 0 Å². The molecule has 13 heavy (non-hydrogen) atoms. The highest BCUT2D eigenvalue weighted by atomic mass is 35.5. The normalized spacial score (nSPS) is 13.0. The lowest BCUT2D eigenvalue weighted by atomic mass is 10.0. The Morgan fingerprint density at radius 1 is 1.38 bits per heavy atom. The first-order valence-corrected chi connectivity index (χ1v) is 5.55. The van der Waals surface area contributed by atoms with Crippen molar-refractivity contribution < 1.29 is 4.79 Å². The van der Waals surface area contributed by atoms with E-state index in [-0.39, 0.29) is 17.9 Å². The molecule has 0 rings (SSSR count). The summed E-state index contributed by atoms with van der Waals surface area (Å²) in [5.41, 5.74) is 0. The van der Waals surface area contributed by atoms with Crippen LogP contribution in [0.5, 0.6) is 0 Å². The van der Waals surface area contributed by atoms with Gasteiger partial charge in [-0.2, -0.15) is 0 Å². The summed E-state index contributed by atoms with van der Waals surface area (Å²) < 4.78 is 0. The number of hydrogen-bond donors (Lipinski definition) is 1. The average Bonchev–Trinajstić information content (AvgIpc) is 2.06. The van der Waals surface area contributed by atoms with E-state index < -0.39 is 0 Å². The van der Waals surface area contributed by atoms with Crippen LogP contribution in [0.25, 0.3) is 0 Å². The summed E-state index contributed by atoms with van der Waals surface area (Å²) in [4.78, 5) is 11.5. The third-order valence-corrected chi connectivity index (χ3v) is 2.51. The van der Waals surface area contributed by atoms with Crippen LogP contribution in [-0.2, 0) is 4.79 Å². The summed E-state index contributed by atoms with van der Waals surface area (Å²) in [5, 5.41) is 2.96. The van der Waals surface area contributed by atoms with Gasteiger partial charge in [-0.3, -0.25) is 4.79 Å². The second-order valence-corrected chi connectivity index (χ2v) is 3.78. The molecule has 3 heteroatoms. The summed E-state index contributed by atoms with van der Waals surface area (Å²) in [5.74, 6) is 0.935. The molecule has 1 N–H and O–H groups in total. The van der Waals surface area contributed by atoms with E-state index in [9.17, 15) is 4.79 Å². The topological polar surface area (TPSA) is 29.1 Å². The fourth-order valence-electron chi connectivity index (χ4n) is 1.26. The second kappa shape index (κ2) is 7.19. The van der Waals surface area contributed by atoms with Crippen LogP contribution in [0.15, 0.2) is 0 Å². The van der Waals surface area contributed by atoms with Crippen molar-refractivity contribution in [2.24, 2.45) is 5.92 Å². The van der Waals surface area contributed by atoms with E-state index >= 15 is 0 Å². The van der Waals surface area contributed by atoms with E-state index in [4.69, 9.17) is 11.6 Å². The molecule has 1 unspecified atom stereocenters. The molecule has 0 spiro atoms. The zero-order chi connectivity index (χ0) is 10.3. The molecule has 0 heterocycles. The quantitative estimate of drug-likeness (QED) is 0.664. The highest BCUT2D eigenvalue weighted by molar-refractivity contribution is 6.17. The van der Waals surface area contributed by atoms with Crippen molar-refractivity contribution in [3.05, 3.63) is 0 Å². The molecule has 2 nitrogen and oxygen atoms in total. The van der Waals surface area contributed by atoms with Crippen molar-refractivity contribution in [3.8, 4) is 0 Å². The maximum Gasteiger partial charge on any atom is 0.223 e. The van der Waals surface area contributed by atoms with Gasteiger partial charge in [0, 0.05) is 17.8 Å². The molecule has 0 aliphatic carbocycles. The van der Waals surface area contributed by atoms with E-state index in [0.29, 0.717) is 5.88 Å². The Morgan fingerprint density at radius 3 is 2.31 bits per heavy atom. The summed E-state index contributed by atoms with van der Waals surface area (Å²) in [6, 6.07) is 0.200. The second-order valence-electron chi connectivity index (χ2n) is 3.40. The van der Waals surface area contributed by atoms with Crippen LogP contribution < -0.4 is 5.32 Å². The molecular formula is C10H20ClNO. The van der Waals surface area contributed by atoms with Crippen molar-refractivity contribution in [2.75, 3.05) is 5.88 Å². The minimum absolute atomic E-state index is 0.165. The van der Waals surface area contributed by atoms with Gasteiger partial charge < -0.3 is 5.32 Å². The van der Waals surface area contributed by atoms with Gasteiger partial charge in [-0.25, -0.2) is 0 Å². The molecule has 0 fully saturated rings. The molecule has 0 radical (unpaired) electrons.